The summed E-state index contributed by atoms with van der Waals surface area (Å²) < 4.78 is 10.9. The molecule has 4 aromatic rings. The number of rotatable bonds is 6. The molecule has 8 heteroatoms. The van der Waals surface area contributed by atoms with Crippen LogP contribution < -0.4 is 14.8 Å². The van der Waals surface area contributed by atoms with Crippen LogP contribution >= 0.6 is 23.8 Å². The van der Waals surface area contributed by atoms with E-state index in [1.165, 1.54) is 0 Å². The van der Waals surface area contributed by atoms with Crippen molar-refractivity contribution in [3.8, 4) is 11.5 Å². The third kappa shape index (κ3) is 4.98. The Balaban J connectivity index is 1.52. The van der Waals surface area contributed by atoms with E-state index in [1.807, 2.05) is 84.7 Å². The first-order valence-corrected chi connectivity index (χ1v) is 12.4. The zero-order valence-corrected chi connectivity index (χ0v) is 21.5. The second kappa shape index (κ2) is 10.5. The number of hydrazone groups is 1. The van der Waals surface area contributed by atoms with Crippen LogP contribution in [0.1, 0.15) is 30.5 Å². The smallest absolute Gasteiger partial charge is 0.194 e. The van der Waals surface area contributed by atoms with Gasteiger partial charge in [-0.15, -0.1) is 0 Å². The summed E-state index contributed by atoms with van der Waals surface area (Å²) in [7, 11) is 1.65. The van der Waals surface area contributed by atoms with Gasteiger partial charge in [-0.25, -0.2) is 9.99 Å². The summed E-state index contributed by atoms with van der Waals surface area (Å²) in [5.41, 5.74) is 4.43. The van der Waals surface area contributed by atoms with Gasteiger partial charge in [0.1, 0.15) is 16.7 Å². The van der Waals surface area contributed by atoms with Crippen molar-refractivity contribution in [2.75, 3.05) is 19.0 Å². The van der Waals surface area contributed by atoms with Gasteiger partial charge in [0.05, 0.1) is 31.0 Å². The van der Waals surface area contributed by atoms with Crippen molar-refractivity contribution in [3.05, 3.63) is 95.1 Å². The molecule has 3 aromatic carbocycles. The average molecular weight is 517 g/mol. The van der Waals surface area contributed by atoms with Crippen LogP contribution in [0.3, 0.4) is 0 Å². The molecule has 5 rings (SSSR count). The summed E-state index contributed by atoms with van der Waals surface area (Å²) >= 11 is 12.6. The fourth-order valence-electron chi connectivity index (χ4n) is 4.23. The van der Waals surface area contributed by atoms with Gasteiger partial charge >= 0.3 is 0 Å². The number of anilines is 1. The largest absolute Gasteiger partial charge is 0.497 e. The van der Waals surface area contributed by atoms with Gasteiger partial charge in [0.15, 0.2) is 5.11 Å². The standard InChI is InChI=1S/C28H25ClN4O2S/c1-3-35-22-14-11-19-15-23(27(29)31-24(19)16-22)26-17-25(18-9-12-21(34-2)13-10-18)32-33(26)28(36)30-20-7-5-4-6-8-20/h4-16,26H,3,17H2,1-2H3,(H,30,36). The number of aromatic nitrogens is 1. The molecule has 0 bridgehead atoms. The van der Waals surface area contributed by atoms with Gasteiger partial charge in [0.2, 0.25) is 0 Å². The number of ether oxygens (including phenoxy) is 2. The van der Waals surface area contributed by atoms with Crippen LogP contribution in [0.15, 0.2) is 84.0 Å². The van der Waals surface area contributed by atoms with E-state index >= 15 is 0 Å². The second-order valence-electron chi connectivity index (χ2n) is 8.29. The van der Waals surface area contributed by atoms with E-state index in [2.05, 4.69) is 16.4 Å². The molecule has 1 aliphatic heterocycles. The fraction of sp³-hybridized carbons (Fsp3) is 0.179. The number of benzene rings is 3. The lowest BCUT2D eigenvalue weighted by Gasteiger charge is -2.25. The summed E-state index contributed by atoms with van der Waals surface area (Å²) in [5.74, 6) is 1.56. The number of hydrogen-bond acceptors (Lipinski definition) is 5. The predicted molar refractivity (Wildman–Crippen MR) is 149 cm³/mol. The Hall–Kier alpha value is -3.68. The van der Waals surface area contributed by atoms with Crippen LogP contribution in [-0.4, -0.2) is 34.5 Å². The predicted octanol–water partition coefficient (Wildman–Crippen LogP) is 6.84. The van der Waals surface area contributed by atoms with E-state index in [0.29, 0.717) is 23.3 Å². The van der Waals surface area contributed by atoms with Gasteiger partial charge in [0.25, 0.3) is 0 Å². The monoisotopic (exact) mass is 516 g/mol. The first-order valence-electron chi connectivity index (χ1n) is 11.7. The van der Waals surface area contributed by atoms with Crippen LogP contribution in [-0.2, 0) is 0 Å². The van der Waals surface area contributed by atoms with Crippen LogP contribution in [0.5, 0.6) is 11.5 Å². The molecule has 6 nitrogen and oxygen atoms in total. The molecule has 0 amide bonds. The summed E-state index contributed by atoms with van der Waals surface area (Å²) in [6, 6.07) is 25.4. The minimum absolute atomic E-state index is 0.221. The fourth-order valence-corrected chi connectivity index (χ4v) is 4.79. The van der Waals surface area contributed by atoms with Crippen molar-refractivity contribution in [1.82, 2.24) is 9.99 Å². The van der Waals surface area contributed by atoms with Gasteiger partial charge < -0.3 is 14.8 Å². The summed E-state index contributed by atoms with van der Waals surface area (Å²) in [5, 5.41) is 11.9. The van der Waals surface area contributed by atoms with Crippen molar-refractivity contribution in [2.24, 2.45) is 5.10 Å². The lowest BCUT2D eigenvalue weighted by Crippen LogP contribution is -2.31. The lowest BCUT2D eigenvalue weighted by atomic mass is 9.98. The van der Waals surface area contributed by atoms with Crippen molar-refractivity contribution < 1.29 is 9.47 Å². The number of halogens is 1. The number of pyridine rings is 1. The van der Waals surface area contributed by atoms with E-state index in [1.54, 1.807) is 7.11 Å². The quantitative estimate of drug-likeness (QED) is 0.223. The Kier molecular flexibility index (Phi) is 7.02. The van der Waals surface area contributed by atoms with E-state index in [0.717, 1.165) is 44.9 Å². The molecule has 2 heterocycles. The molecule has 0 saturated carbocycles. The molecule has 0 spiro atoms. The maximum absolute atomic E-state index is 6.77. The van der Waals surface area contributed by atoms with Crippen LogP contribution in [0.4, 0.5) is 5.69 Å². The molecule has 1 unspecified atom stereocenters. The maximum Gasteiger partial charge on any atom is 0.194 e. The van der Waals surface area contributed by atoms with Crippen molar-refractivity contribution in [2.45, 2.75) is 19.4 Å². The third-order valence-electron chi connectivity index (χ3n) is 6.01. The van der Waals surface area contributed by atoms with E-state index in [-0.39, 0.29) is 6.04 Å². The molecule has 1 aliphatic rings. The highest BCUT2D eigenvalue weighted by atomic mass is 35.5. The van der Waals surface area contributed by atoms with Crippen molar-refractivity contribution >= 4 is 51.2 Å². The van der Waals surface area contributed by atoms with E-state index in [4.69, 9.17) is 38.4 Å². The Morgan fingerprint density at radius 2 is 1.81 bits per heavy atom. The molecule has 0 saturated heterocycles. The number of hydrogen-bond donors (Lipinski definition) is 1. The summed E-state index contributed by atoms with van der Waals surface area (Å²) in [6.07, 6.45) is 0.618. The first-order chi connectivity index (χ1) is 17.6. The number of fused-ring (bicyclic) bond motifs is 1. The zero-order valence-electron chi connectivity index (χ0n) is 19.9. The number of para-hydroxylation sites is 1. The third-order valence-corrected chi connectivity index (χ3v) is 6.60. The highest BCUT2D eigenvalue weighted by Gasteiger charge is 2.33. The van der Waals surface area contributed by atoms with Crippen molar-refractivity contribution in [3.63, 3.8) is 0 Å². The van der Waals surface area contributed by atoms with Gasteiger partial charge in [-0.1, -0.05) is 29.8 Å². The molecule has 1 atom stereocenters. The Bertz CT molecular complexity index is 1430. The molecule has 1 aromatic heterocycles. The highest BCUT2D eigenvalue weighted by Crippen LogP contribution is 2.38. The minimum Gasteiger partial charge on any atom is -0.497 e. The number of nitrogens with zero attached hydrogens (tertiary/aromatic N) is 3. The van der Waals surface area contributed by atoms with Gasteiger partial charge in [-0.2, -0.15) is 5.10 Å². The topological polar surface area (TPSA) is 59.0 Å². The number of methoxy groups -OCH3 is 1. The molecule has 182 valence electrons. The van der Waals surface area contributed by atoms with Gasteiger partial charge in [0, 0.05) is 29.1 Å². The lowest BCUT2D eigenvalue weighted by molar-refractivity contribution is 0.340. The molecule has 0 aliphatic carbocycles. The number of thiocarbonyl (C=S) groups is 1. The molecular formula is C28H25ClN4O2S. The Morgan fingerprint density at radius 3 is 2.53 bits per heavy atom. The first kappa shape index (κ1) is 24.0. The summed E-state index contributed by atoms with van der Waals surface area (Å²) in [6.45, 7) is 2.54. The van der Waals surface area contributed by atoms with Gasteiger partial charge in [-0.05, 0) is 79.3 Å². The molecular weight excluding hydrogens is 492 g/mol. The zero-order chi connectivity index (χ0) is 25.1. The molecule has 1 N–H and O–H groups in total. The number of nitrogens with one attached hydrogen (secondary N) is 1. The molecule has 36 heavy (non-hydrogen) atoms. The van der Waals surface area contributed by atoms with E-state index in [9.17, 15) is 0 Å². The normalized spacial score (nSPS) is 15.0. The van der Waals surface area contributed by atoms with E-state index < -0.39 is 0 Å². The van der Waals surface area contributed by atoms with Crippen LogP contribution in [0.25, 0.3) is 10.9 Å². The van der Waals surface area contributed by atoms with Gasteiger partial charge in [-0.3, -0.25) is 0 Å². The molecule has 0 radical (unpaired) electrons. The van der Waals surface area contributed by atoms with Crippen LogP contribution in [0.2, 0.25) is 5.15 Å². The summed E-state index contributed by atoms with van der Waals surface area (Å²) in [4.78, 5) is 4.69. The SMILES string of the molecule is CCOc1ccc2cc(C3CC(c4ccc(OC)cc4)=NN3C(=S)Nc3ccccc3)c(Cl)nc2c1. The molecule has 0 fully saturated rings. The average Bonchev–Trinajstić information content (AvgIpc) is 3.34. The highest BCUT2D eigenvalue weighted by molar-refractivity contribution is 7.80. The van der Waals surface area contributed by atoms with Crippen molar-refractivity contribution in [1.29, 1.82) is 0 Å². The van der Waals surface area contributed by atoms with Crippen LogP contribution in [0, 0.1) is 0 Å². The minimum atomic E-state index is -0.221. The second-order valence-corrected chi connectivity index (χ2v) is 9.04. The Morgan fingerprint density at radius 1 is 1.06 bits per heavy atom. The maximum atomic E-state index is 6.77. The Labute approximate surface area is 220 Å².